The van der Waals surface area contributed by atoms with E-state index in [-0.39, 0.29) is 0 Å². The molecule has 2 N–H and O–H groups in total. The molecule has 0 radical (unpaired) electrons. The van der Waals surface area contributed by atoms with Crippen LogP contribution in [-0.4, -0.2) is 43.9 Å². The van der Waals surface area contributed by atoms with Gasteiger partial charge in [-0.15, -0.1) is 0 Å². The number of carbonyl (C=O) groups is 2. The van der Waals surface area contributed by atoms with Crippen molar-refractivity contribution in [1.29, 1.82) is 0 Å². The third kappa shape index (κ3) is 4.97. The zero-order valence-electron chi connectivity index (χ0n) is 11.0. The van der Waals surface area contributed by atoms with Gasteiger partial charge in [0.05, 0.1) is 0 Å². The monoisotopic (exact) mass is 249 g/mol. The van der Waals surface area contributed by atoms with Gasteiger partial charge in [0.25, 0.3) is 0 Å². The molecule has 0 aliphatic rings. The van der Waals surface area contributed by atoms with Crippen LogP contribution in [0.15, 0.2) is 24.3 Å². The van der Waals surface area contributed by atoms with Crippen molar-refractivity contribution in [2.24, 2.45) is 0 Å². The summed E-state index contributed by atoms with van der Waals surface area (Å²) in [7, 11) is 3.80. The minimum Gasteiger partial charge on any atom is -0.347 e. The lowest BCUT2D eigenvalue weighted by atomic mass is 10.2. The Bertz CT molecular complexity index is 413. The van der Waals surface area contributed by atoms with Gasteiger partial charge < -0.3 is 15.5 Å². The highest BCUT2D eigenvalue weighted by molar-refractivity contribution is 6.39. The second-order valence-corrected chi connectivity index (χ2v) is 4.38. The topological polar surface area (TPSA) is 61.4 Å². The first-order valence-corrected chi connectivity index (χ1v) is 5.79. The SMILES string of the molecule is Cc1ccc(NC(=O)C(=O)NCCN(C)C)cc1. The summed E-state index contributed by atoms with van der Waals surface area (Å²) in [5.41, 5.74) is 1.72. The Labute approximate surface area is 107 Å². The molecule has 18 heavy (non-hydrogen) atoms. The van der Waals surface area contributed by atoms with E-state index in [0.717, 1.165) is 5.56 Å². The molecular formula is C13H19N3O2. The Kier molecular flexibility index (Phi) is 5.32. The van der Waals surface area contributed by atoms with Crippen molar-refractivity contribution in [2.75, 3.05) is 32.5 Å². The van der Waals surface area contributed by atoms with E-state index >= 15 is 0 Å². The summed E-state index contributed by atoms with van der Waals surface area (Å²) in [6.45, 7) is 3.11. The molecule has 1 aromatic rings. The number of likely N-dealkylation sites (N-methyl/N-ethyl adjacent to an activating group) is 1. The fourth-order valence-corrected chi connectivity index (χ4v) is 1.30. The van der Waals surface area contributed by atoms with Crippen molar-refractivity contribution in [1.82, 2.24) is 10.2 Å². The van der Waals surface area contributed by atoms with E-state index in [1.807, 2.05) is 38.1 Å². The smallest absolute Gasteiger partial charge is 0.313 e. The fourth-order valence-electron chi connectivity index (χ4n) is 1.30. The number of carbonyl (C=O) groups excluding carboxylic acids is 2. The van der Waals surface area contributed by atoms with Crippen molar-refractivity contribution >= 4 is 17.5 Å². The summed E-state index contributed by atoms with van der Waals surface area (Å²) in [4.78, 5) is 24.9. The molecule has 0 aromatic heterocycles. The molecule has 0 saturated heterocycles. The summed E-state index contributed by atoms with van der Waals surface area (Å²) in [5, 5.41) is 5.10. The van der Waals surface area contributed by atoms with Gasteiger partial charge in [-0.2, -0.15) is 0 Å². The molecule has 5 nitrogen and oxygen atoms in total. The number of benzene rings is 1. The highest BCUT2D eigenvalue weighted by Gasteiger charge is 2.12. The van der Waals surface area contributed by atoms with Gasteiger partial charge in [0.2, 0.25) is 0 Å². The van der Waals surface area contributed by atoms with Crippen LogP contribution >= 0.6 is 0 Å². The minimum atomic E-state index is -0.641. The van der Waals surface area contributed by atoms with Gasteiger partial charge in [-0.1, -0.05) is 17.7 Å². The fraction of sp³-hybridized carbons (Fsp3) is 0.385. The highest BCUT2D eigenvalue weighted by atomic mass is 16.2. The van der Waals surface area contributed by atoms with Crippen LogP contribution in [0.1, 0.15) is 5.56 Å². The summed E-state index contributed by atoms with van der Waals surface area (Å²) in [6, 6.07) is 7.28. The Morgan fingerprint density at radius 2 is 1.72 bits per heavy atom. The van der Waals surface area contributed by atoms with Crippen molar-refractivity contribution in [3.05, 3.63) is 29.8 Å². The summed E-state index contributed by atoms with van der Waals surface area (Å²) in [6.07, 6.45) is 0. The van der Waals surface area contributed by atoms with Crippen LogP contribution in [-0.2, 0) is 9.59 Å². The molecule has 0 heterocycles. The quantitative estimate of drug-likeness (QED) is 0.769. The number of hydrogen-bond acceptors (Lipinski definition) is 3. The normalized spacial score (nSPS) is 10.2. The highest BCUT2D eigenvalue weighted by Crippen LogP contribution is 2.07. The summed E-state index contributed by atoms with van der Waals surface area (Å²) >= 11 is 0. The lowest BCUT2D eigenvalue weighted by Crippen LogP contribution is -2.38. The van der Waals surface area contributed by atoms with Crippen LogP contribution in [0.4, 0.5) is 5.69 Å². The predicted molar refractivity (Wildman–Crippen MR) is 71.4 cm³/mol. The van der Waals surface area contributed by atoms with Crippen molar-refractivity contribution < 1.29 is 9.59 Å². The van der Waals surface area contributed by atoms with Gasteiger partial charge in [-0.3, -0.25) is 9.59 Å². The van der Waals surface area contributed by atoms with Crippen LogP contribution in [0, 0.1) is 6.92 Å². The second-order valence-electron chi connectivity index (χ2n) is 4.38. The maximum absolute atomic E-state index is 11.5. The van der Waals surface area contributed by atoms with E-state index in [2.05, 4.69) is 10.6 Å². The molecule has 98 valence electrons. The molecule has 2 amide bonds. The Morgan fingerprint density at radius 3 is 2.28 bits per heavy atom. The molecule has 0 unspecified atom stereocenters. The lowest BCUT2D eigenvalue weighted by Gasteiger charge is -2.10. The molecule has 0 fully saturated rings. The molecule has 0 spiro atoms. The molecule has 1 rings (SSSR count). The molecule has 0 atom stereocenters. The van der Waals surface area contributed by atoms with Crippen LogP contribution < -0.4 is 10.6 Å². The van der Waals surface area contributed by atoms with Gasteiger partial charge in [-0.25, -0.2) is 0 Å². The average molecular weight is 249 g/mol. The standard InChI is InChI=1S/C13H19N3O2/c1-10-4-6-11(7-5-10)15-13(18)12(17)14-8-9-16(2)3/h4-7H,8-9H2,1-3H3,(H,14,17)(H,15,18). The number of rotatable bonds is 4. The van der Waals surface area contributed by atoms with Crippen LogP contribution in [0.25, 0.3) is 0 Å². The largest absolute Gasteiger partial charge is 0.347 e. The van der Waals surface area contributed by atoms with Crippen LogP contribution in [0.5, 0.6) is 0 Å². The first kappa shape index (κ1) is 14.2. The maximum Gasteiger partial charge on any atom is 0.313 e. The van der Waals surface area contributed by atoms with Crippen molar-refractivity contribution in [3.8, 4) is 0 Å². The first-order chi connectivity index (χ1) is 8.49. The molecule has 5 heteroatoms. The number of nitrogens with zero attached hydrogens (tertiary/aromatic N) is 1. The Balaban J connectivity index is 2.40. The van der Waals surface area contributed by atoms with Gasteiger partial charge in [0.1, 0.15) is 0 Å². The third-order valence-electron chi connectivity index (χ3n) is 2.36. The number of hydrogen-bond donors (Lipinski definition) is 2. The van der Waals surface area contributed by atoms with E-state index in [1.54, 1.807) is 12.1 Å². The van der Waals surface area contributed by atoms with Crippen molar-refractivity contribution in [2.45, 2.75) is 6.92 Å². The van der Waals surface area contributed by atoms with Crippen LogP contribution in [0.2, 0.25) is 0 Å². The van der Waals surface area contributed by atoms with Crippen LogP contribution in [0.3, 0.4) is 0 Å². The van der Waals surface area contributed by atoms with Gasteiger partial charge >= 0.3 is 11.8 Å². The molecule has 0 aliphatic heterocycles. The zero-order chi connectivity index (χ0) is 13.5. The maximum atomic E-state index is 11.5. The first-order valence-electron chi connectivity index (χ1n) is 5.79. The molecule has 0 saturated carbocycles. The average Bonchev–Trinajstić information content (AvgIpc) is 2.31. The van der Waals surface area contributed by atoms with Gasteiger partial charge in [0, 0.05) is 18.8 Å². The summed E-state index contributed by atoms with van der Waals surface area (Å²) < 4.78 is 0. The summed E-state index contributed by atoms with van der Waals surface area (Å²) in [5.74, 6) is -1.25. The van der Waals surface area contributed by atoms with E-state index in [1.165, 1.54) is 0 Å². The van der Waals surface area contributed by atoms with E-state index in [9.17, 15) is 9.59 Å². The van der Waals surface area contributed by atoms with E-state index < -0.39 is 11.8 Å². The number of anilines is 1. The van der Waals surface area contributed by atoms with Crippen molar-refractivity contribution in [3.63, 3.8) is 0 Å². The van der Waals surface area contributed by atoms with Gasteiger partial charge in [-0.05, 0) is 33.2 Å². The molecule has 0 bridgehead atoms. The van der Waals surface area contributed by atoms with E-state index in [4.69, 9.17) is 0 Å². The number of amides is 2. The third-order valence-corrected chi connectivity index (χ3v) is 2.36. The zero-order valence-corrected chi connectivity index (χ0v) is 11.0. The number of aryl methyl sites for hydroxylation is 1. The molecule has 0 aliphatic carbocycles. The van der Waals surface area contributed by atoms with E-state index in [0.29, 0.717) is 18.8 Å². The Morgan fingerprint density at radius 1 is 1.11 bits per heavy atom. The minimum absolute atomic E-state index is 0.452. The lowest BCUT2D eigenvalue weighted by molar-refractivity contribution is -0.136. The second kappa shape index (κ2) is 6.76. The molecule has 1 aromatic carbocycles. The Hall–Kier alpha value is -1.88. The number of nitrogens with one attached hydrogen (secondary N) is 2. The predicted octanol–water partition coefficient (Wildman–Crippen LogP) is 0.611. The molecular weight excluding hydrogens is 230 g/mol. The van der Waals surface area contributed by atoms with Gasteiger partial charge in [0.15, 0.2) is 0 Å².